The van der Waals surface area contributed by atoms with Crippen molar-refractivity contribution in [2.24, 2.45) is 0 Å². The van der Waals surface area contributed by atoms with Crippen LogP contribution in [0.25, 0.3) is 0 Å². The number of anilines is 2. The van der Waals surface area contributed by atoms with Gasteiger partial charge in [-0.2, -0.15) is 0 Å². The summed E-state index contributed by atoms with van der Waals surface area (Å²) in [6.45, 7) is 4.70. The minimum Gasteiger partial charge on any atom is -0.369 e. The SMILES string of the molecule is O=C1NCc2c(N3CCNCC3)cccc2N1Cc1cccc(F)c1. The monoisotopic (exact) mass is 340 g/mol. The van der Waals surface area contributed by atoms with E-state index >= 15 is 0 Å². The number of rotatable bonds is 3. The smallest absolute Gasteiger partial charge is 0.322 e. The summed E-state index contributed by atoms with van der Waals surface area (Å²) in [4.78, 5) is 16.5. The highest BCUT2D eigenvalue weighted by atomic mass is 19.1. The van der Waals surface area contributed by atoms with Crippen LogP contribution in [0.5, 0.6) is 0 Å². The van der Waals surface area contributed by atoms with E-state index in [1.165, 1.54) is 17.8 Å². The maximum absolute atomic E-state index is 13.5. The predicted octanol–water partition coefficient (Wildman–Crippen LogP) is 2.47. The third kappa shape index (κ3) is 3.17. The minimum absolute atomic E-state index is 0.144. The van der Waals surface area contributed by atoms with Crippen molar-refractivity contribution >= 4 is 17.4 Å². The first-order valence-electron chi connectivity index (χ1n) is 8.60. The first-order chi connectivity index (χ1) is 12.2. The summed E-state index contributed by atoms with van der Waals surface area (Å²) in [5.41, 5.74) is 3.98. The van der Waals surface area contributed by atoms with Crippen LogP contribution in [0.2, 0.25) is 0 Å². The van der Waals surface area contributed by atoms with E-state index in [1.54, 1.807) is 11.0 Å². The molecule has 0 unspecified atom stereocenters. The summed E-state index contributed by atoms with van der Waals surface area (Å²) < 4.78 is 13.5. The number of carbonyl (C=O) groups excluding carboxylic acids is 1. The van der Waals surface area contributed by atoms with Crippen molar-refractivity contribution in [1.29, 1.82) is 0 Å². The van der Waals surface area contributed by atoms with Gasteiger partial charge in [0, 0.05) is 44.0 Å². The largest absolute Gasteiger partial charge is 0.369 e. The zero-order valence-electron chi connectivity index (χ0n) is 14.0. The molecule has 5 nitrogen and oxygen atoms in total. The average molecular weight is 340 g/mol. The number of hydrogen-bond acceptors (Lipinski definition) is 3. The molecule has 0 atom stereocenters. The van der Waals surface area contributed by atoms with E-state index in [0.717, 1.165) is 43.0 Å². The molecule has 2 aromatic carbocycles. The Balaban J connectivity index is 1.68. The van der Waals surface area contributed by atoms with E-state index in [9.17, 15) is 9.18 Å². The molecule has 1 fully saturated rings. The summed E-state index contributed by atoms with van der Waals surface area (Å²) in [5.74, 6) is -0.287. The summed E-state index contributed by atoms with van der Waals surface area (Å²) in [6.07, 6.45) is 0. The Kier molecular flexibility index (Phi) is 4.28. The molecule has 130 valence electrons. The number of urea groups is 1. The summed E-state index contributed by atoms with van der Waals surface area (Å²) in [7, 11) is 0. The van der Waals surface area contributed by atoms with Gasteiger partial charge in [0.25, 0.3) is 0 Å². The van der Waals surface area contributed by atoms with Crippen molar-refractivity contribution < 1.29 is 9.18 Å². The summed E-state index contributed by atoms with van der Waals surface area (Å²) in [6, 6.07) is 12.3. The van der Waals surface area contributed by atoms with Gasteiger partial charge < -0.3 is 15.5 Å². The first kappa shape index (κ1) is 15.9. The second-order valence-corrected chi connectivity index (χ2v) is 6.39. The Morgan fingerprint density at radius 3 is 2.60 bits per heavy atom. The number of hydrogen-bond donors (Lipinski definition) is 2. The second-order valence-electron chi connectivity index (χ2n) is 6.39. The maximum atomic E-state index is 13.5. The molecule has 2 aliphatic rings. The highest BCUT2D eigenvalue weighted by molar-refractivity contribution is 5.96. The molecule has 0 saturated carbocycles. The number of nitrogens with one attached hydrogen (secondary N) is 2. The molecule has 4 rings (SSSR count). The quantitative estimate of drug-likeness (QED) is 0.902. The number of halogens is 1. The molecule has 0 radical (unpaired) electrons. The molecule has 6 heteroatoms. The fourth-order valence-electron chi connectivity index (χ4n) is 3.54. The summed E-state index contributed by atoms with van der Waals surface area (Å²) >= 11 is 0. The highest BCUT2D eigenvalue weighted by Crippen LogP contribution is 2.34. The molecule has 2 amide bonds. The molecule has 25 heavy (non-hydrogen) atoms. The third-order valence-electron chi connectivity index (χ3n) is 4.77. The molecule has 2 aliphatic heterocycles. The molecule has 0 spiro atoms. The van der Waals surface area contributed by atoms with E-state index in [1.807, 2.05) is 18.2 Å². The minimum atomic E-state index is -0.287. The zero-order valence-corrected chi connectivity index (χ0v) is 14.0. The molecular formula is C19H21FN4O. The van der Waals surface area contributed by atoms with Crippen molar-refractivity contribution in [1.82, 2.24) is 10.6 Å². The Labute approximate surface area is 146 Å². The fraction of sp³-hybridized carbons (Fsp3) is 0.316. The highest BCUT2D eigenvalue weighted by Gasteiger charge is 2.27. The Morgan fingerprint density at radius 2 is 1.80 bits per heavy atom. The number of nitrogens with zero attached hydrogens (tertiary/aromatic N) is 2. The Hall–Kier alpha value is -2.60. The summed E-state index contributed by atoms with van der Waals surface area (Å²) in [5, 5.41) is 6.31. The molecule has 2 heterocycles. The number of fused-ring (bicyclic) bond motifs is 1. The fourth-order valence-corrected chi connectivity index (χ4v) is 3.54. The average Bonchev–Trinajstić information content (AvgIpc) is 2.64. The van der Waals surface area contributed by atoms with Crippen LogP contribution in [0.4, 0.5) is 20.6 Å². The van der Waals surface area contributed by atoms with Crippen LogP contribution in [0.15, 0.2) is 42.5 Å². The standard InChI is InChI=1S/C19H21FN4O/c20-15-4-1-3-14(11-15)13-24-18-6-2-5-17(16(18)12-22-19(24)25)23-9-7-21-8-10-23/h1-6,11,21H,7-10,12-13H2,(H,22,25). The van der Waals surface area contributed by atoms with E-state index < -0.39 is 0 Å². The van der Waals surface area contributed by atoms with Gasteiger partial charge in [-0.05, 0) is 29.8 Å². The lowest BCUT2D eigenvalue weighted by molar-refractivity contribution is 0.244. The van der Waals surface area contributed by atoms with E-state index in [2.05, 4.69) is 21.6 Å². The number of carbonyl (C=O) groups is 1. The van der Waals surface area contributed by atoms with Crippen LogP contribution in [-0.2, 0) is 13.1 Å². The number of amides is 2. The zero-order chi connectivity index (χ0) is 17.2. The van der Waals surface area contributed by atoms with E-state index in [-0.39, 0.29) is 11.8 Å². The molecule has 0 aromatic heterocycles. The predicted molar refractivity (Wildman–Crippen MR) is 96.3 cm³/mol. The van der Waals surface area contributed by atoms with Gasteiger partial charge in [-0.15, -0.1) is 0 Å². The number of piperazine rings is 1. The van der Waals surface area contributed by atoms with Crippen LogP contribution < -0.4 is 20.4 Å². The van der Waals surface area contributed by atoms with Gasteiger partial charge >= 0.3 is 6.03 Å². The van der Waals surface area contributed by atoms with Gasteiger partial charge in [-0.3, -0.25) is 4.90 Å². The first-order valence-corrected chi connectivity index (χ1v) is 8.60. The molecule has 2 aromatic rings. The Bertz CT molecular complexity index is 789. The van der Waals surface area contributed by atoms with E-state index in [0.29, 0.717) is 13.1 Å². The van der Waals surface area contributed by atoms with Crippen LogP contribution in [0, 0.1) is 5.82 Å². The lowest BCUT2D eigenvalue weighted by Gasteiger charge is -2.36. The Morgan fingerprint density at radius 1 is 1.04 bits per heavy atom. The normalized spacial score (nSPS) is 17.2. The molecule has 0 bridgehead atoms. The topological polar surface area (TPSA) is 47.6 Å². The van der Waals surface area contributed by atoms with Crippen LogP contribution in [-0.4, -0.2) is 32.2 Å². The lowest BCUT2D eigenvalue weighted by atomic mass is 10.0. The van der Waals surface area contributed by atoms with E-state index in [4.69, 9.17) is 0 Å². The van der Waals surface area contributed by atoms with Gasteiger partial charge in [0.05, 0.1) is 12.2 Å². The van der Waals surface area contributed by atoms with Gasteiger partial charge in [0.1, 0.15) is 5.82 Å². The van der Waals surface area contributed by atoms with Crippen molar-refractivity contribution in [2.45, 2.75) is 13.1 Å². The van der Waals surface area contributed by atoms with Crippen molar-refractivity contribution in [2.75, 3.05) is 36.0 Å². The third-order valence-corrected chi connectivity index (χ3v) is 4.77. The van der Waals surface area contributed by atoms with Crippen LogP contribution >= 0.6 is 0 Å². The molecule has 2 N–H and O–H groups in total. The van der Waals surface area contributed by atoms with Gasteiger partial charge in [-0.1, -0.05) is 18.2 Å². The van der Waals surface area contributed by atoms with Gasteiger partial charge in [0.15, 0.2) is 0 Å². The molecule has 1 saturated heterocycles. The number of benzene rings is 2. The van der Waals surface area contributed by atoms with Crippen LogP contribution in [0.1, 0.15) is 11.1 Å². The van der Waals surface area contributed by atoms with Gasteiger partial charge in [0.2, 0.25) is 0 Å². The van der Waals surface area contributed by atoms with Crippen molar-refractivity contribution in [3.05, 3.63) is 59.4 Å². The second kappa shape index (κ2) is 6.72. The molecule has 0 aliphatic carbocycles. The van der Waals surface area contributed by atoms with Gasteiger partial charge in [-0.25, -0.2) is 9.18 Å². The molecular weight excluding hydrogens is 319 g/mol. The van der Waals surface area contributed by atoms with Crippen LogP contribution in [0.3, 0.4) is 0 Å². The van der Waals surface area contributed by atoms with Crippen molar-refractivity contribution in [3.63, 3.8) is 0 Å². The lowest BCUT2D eigenvalue weighted by Crippen LogP contribution is -2.46. The maximum Gasteiger partial charge on any atom is 0.322 e. The van der Waals surface area contributed by atoms with Crippen molar-refractivity contribution in [3.8, 4) is 0 Å².